The molecule has 1 aromatic rings. The number of benzene rings is 1. The zero-order valence-electron chi connectivity index (χ0n) is 11.6. The standard InChI is InChI=1S/C16H23NO2/c1-3-10-19-15-7-4-13(5-8-15)12-17-14-6-9-16(11-14)18-2/h3-5,7-8,14,16-17H,1,6,9-12H2,2H3. The first-order valence-electron chi connectivity index (χ1n) is 6.90. The quantitative estimate of drug-likeness (QED) is 0.766. The van der Waals surface area contributed by atoms with Gasteiger partial charge < -0.3 is 14.8 Å². The summed E-state index contributed by atoms with van der Waals surface area (Å²) in [4.78, 5) is 0. The number of methoxy groups -OCH3 is 1. The summed E-state index contributed by atoms with van der Waals surface area (Å²) < 4.78 is 10.8. The molecule has 2 rings (SSSR count). The van der Waals surface area contributed by atoms with Gasteiger partial charge in [0.2, 0.25) is 0 Å². The van der Waals surface area contributed by atoms with E-state index in [1.54, 1.807) is 13.2 Å². The average Bonchev–Trinajstić information content (AvgIpc) is 2.92. The van der Waals surface area contributed by atoms with Crippen molar-refractivity contribution in [1.29, 1.82) is 0 Å². The second kappa shape index (κ2) is 7.31. The Morgan fingerprint density at radius 2 is 2.11 bits per heavy atom. The van der Waals surface area contributed by atoms with Gasteiger partial charge in [0.15, 0.2) is 0 Å². The molecular weight excluding hydrogens is 238 g/mol. The summed E-state index contributed by atoms with van der Waals surface area (Å²) in [5, 5.41) is 3.59. The largest absolute Gasteiger partial charge is 0.490 e. The Kier molecular flexibility index (Phi) is 5.43. The minimum Gasteiger partial charge on any atom is -0.490 e. The van der Waals surface area contributed by atoms with Gasteiger partial charge in [0.1, 0.15) is 12.4 Å². The van der Waals surface area contributed by atoms with Crippen LogP contribution in [0.2, 0.25) is 0 Å². The molecule has 0 heterocycles. The van der Waals surface area contributed by atoms with Crippen LogP contribution in [0.1, 0.15) is 24.8 Å². The van der Waals surface area contributed by atoms with E-state index in [4.69, 9.17) is 9.47 Å². The molecule has 1 aliphatic rings. The van der Waals surface area contributed by atoms with E-state index in [0.29, 0.717) is 18.8 Å². The van der Waals surface area contributed by atoms with Crippen LogP contribution < -0.4 is 10.1 Å². The van der Waals surface area contributed by atoms with Crippen LogP contribution >= 0.6 is 0 Å². The molecule has 2 atom stereocenters. The number of hydrogen-bond acceptors (Lipinski definition) is 3. The van der Waals surface area contributed by atoms with Crippen LogP contribution in [0.3, 0.4) is 0 Å². The van der Waals surface area contributed by atoms with Crippen LogP contribution in [0.15, 0.2) is 36.9 Å². The van der Waals surface area contributed by atoms with Crippen molar-refractivity contribution in [3.8, 4) is 5.75 Å². The Hall–Kier alpha value is -1.32. The molecule has 0 amide bonds. The third kappa shape index (κ3) is 4.37. The van der Waals surface area contributed by atoms with Gasteiger partial charge in [0.25, 0.3) is 0 Å². The predicted octanol–water partition coefficient (Wildman–Crippen LogP) is 2.91. The first-order valence-corrected chi connectivity index (χ1v) is 6.90. The highest BCUT2D eigenvalue weighted by Gasteiger charge is 2.23. The summed E-state index contributed by atoms with van der Waals surface area (Å²) >= 11 is 0. The lowest BCUT2D eigenvalue weighted by atomic mass is 10.2. The highest BCUT2D eigenvalue weighted by molar-refractivity contribution is 5.27. The van der Waals surface area contributed by atoms with Crippen LogP contribution in [0.4, 0.5) is 0 Å². The van der Waals surface area contributed by atoms with Crippen molar-refractivity contribution in [2.45, 2.75) is 38.0 Å². The second-order valence-electron chi connectivity index (χ2n) is 4.99. The summed E-state index contributed by atoms with van der Waals surface area (Å²) in [5.74, 6) is 0.893. The van der Waals surface area contributed by atoms with Gasteiger partial charge in [-0.3, -0.25) is 0 Å². The van der Waals surface area contributed by atoms with E-state index in [1.807, 2.05) is 12.1 Å². The molecule has 1 fully saturated rings. The van der Waals surface area contributed by atoms with Crippen molar-refractivity contribution in [3.05, 3.63) is 42.5 Å². The number of rotatable bonds is 7. The third-order valence-electron chi connectivity index (χ3n) is 3.60. The molecule has 0 spiro atoms. The Bertz CT molecular complexity index is 388. The van der Waals surface area contributed by atoms with E-state index in [-0.39, 0.29) is 0 Å². The molecule has 1 aromatic carbocycles. The van der Waals surface area contributed by atoms with Gasteiger partial charge in [-0.25, -0.2) is 0 Å². The van der Waals surface area contributed by atoms with Crippen LogP contribution in [0.5, 0.6) is 5.75 Å². The van der Waals surface area contributed by atoms with Crippen molar-refractivity contribution in [1.82, 2.24) is 5.32 Å². The minimum absolute atomic E-state index is 0.437. The van der Waals surface area contributed by atoms with Gasteiger partial charge in [0.05, 0.1) is 6.10 Å². The van der Waals surface area contributed by atoms with Gasteiger partial charge in [-0.2, -0.15) is 0 Å². The molecule has 19 heavy (non-hydrogen) atoms. The predicted molar refractivity (Wildman–Crippen MR) is 77.4 cm³/mol. The number of hydrogen-bond donors (Lipinski definition) is 1. The summed E-state index contributed by atoms with van der Waals surface area (Å²) in [6.45, 7) is 5.09. The summed E-state index contributed by atoms with van der Waals surface area (Å²) in [7, 11) is 1.80. The molecule has 0 radical (unpaired) electrons. The van der Waals surface area contributed by atoms with Gasteiger partial charge in [-0.15, -0.1) is 0 Å². The molecule has 0 aliphatic heterocycles. The molecule has 0 saturated heterocycles. The first kappa shape index (κ1) is 14.1. The van der Waals surface area contributed by atoms with Crippen LogP contribution in [0, 0.1) is 0 Å². The maximum atomic E-state index is 5.46. The summed E-state index contributed by atoms with van der Waals surface area (Å²) in [6.07, 6.45) is 5.69. The van der Waals surface area contributed by atoms with Crippen molar-refractivity contribution in [3.63, 3.8) is 0 Å². The van der Waals surface area contributed by atoms with Gasteiger partial charge >= 0.3 is 0 Å². The SMILES string of the molecule is C=CCOc1ccc(CNC2CCC(OC)C2)cc1. The second-order valence-corrected chi connectivity index (χ2v) is 4.99. The number of nitrogens with one attached hydrogen (secondary N) is 1. The topological polar surface area (TPSA) is 30.5 Å². The van der Waals surface area contributed by atoms with Crippen molar-refractivity contribution in [2.24, 2.45) is 0 Å². The zero-order chi connectivity index (χ0) is 13.5. The van der Waals surface area contributed by atoms with E-state index in [2.05, 4.69) is 24.0 Å². The van der Waals surface area contributed by atoms with E-state index >= 15 is 0 Å². The lowest BCUT2D eigenvalue weighted by Gasteiger charge is -2.13. The molecule has 104 valence electrons. The average molecular weight is 261 g/mol. The maximum absolute atomic E-state index is 5.46. The smallest absolute Gasteiger partial charge is 0.119 e. The minimum atomic E-state index is 0.437. The fourth-order valence-electron chi connectivity index (χ4n) is 2.46. The molecule has 0 bridgehead atoms. The Labute approximate surface area is 115 Å². The van der Waals surface area contributed by atoms with Gasteiger partial charge in [0, 0.05) is 19.7 Å². The monoisotopic (exact) mass is 261 g/mol. The van der Waals surface area contributed by atoms with Crippen LogP contribution in [-0.4, -0.2) is 25.9 Å². The third-order valence-corrected chi connectivity index (χ3v) is 3.60. The highest BCUT2D eigenvalue weighted by atomic mass is 16.5. The summed E-state index contributed by atoms with van der Waals surface area (Å²) in [6, 6.07) is 8.81. The lowest BCUT2D eigenvalue weighted by Crippen LogP contribution is -2.26. The molecule has 1 saturated carbocycles. The Balaban J connectivity index is 1.75. The van der Waals surface area contributed by atoms with Gasteiger partial charge in [-0.1, -0.05) is 24.8 Å². The van der Waals surface area contributed by atoms with E-state index in [0.717, 1.165) is 18.7 Å². The van der Waals surface area contributed by atoms with Gasteiger partial charge in [-0.05, 0) is 37.0 Å². The van der Waals surface area contributed by atoms with E-state index in [9.17, 15) is 0 Å². The molecule has 0 aromatic heterocycles. The van der Waals surface area contributed by atoms with E-state index in [1.165, 1.54) is 18.4 Å². The molecule has 1 aliphatic carbocycles. The zero-order valence-corrected chi connectivity index (χ0v) is 11.6. The molecule has 2 unspecified atom stereocenters. The van der Waals surface area contributed by atoms with Crippen molar-refractivity contribution < 1.29 is 9.47 Å². The molecule has 3 nitrogen and oxygen atoms in total. The lowest BCUT2D eigenvalue weighted by molar-refractivity contribution is 0.107. The first-order chi connectivity index (χ1) is 9.31. The fourth-order valence-corrected chi connectivity index (χ4v) is 2.46. The Morgan fingerprint density at radius 3 is 2.74 bits per heavy atom. The van der Waals surface area contributed by atoms with Crippen molar-refractivity contribution >= 4 is 0 Å². The van der Waals surface area contributed by atoms with Crippen molar-refractivity contribution in [2.75, 3.05) is 13.7 Å². The molecule has 1 N–H and O–H groups in total. The number of ether oxygens (including phenoxy) is 2. The van der Waals surface area contributed by atoms with E-state index < -0.39 is 0 Å². The fraction of sp³-hybridized carbons (Fsp3) is 0.500. The molecular formula is C16H23NO2. The Morgan fingerprint density at radius 1 is 1.32 bits per heavy atom. The summed E-state index contributed by atoms with van der Waals surface area (Å²) in [5.41, 5.74) is 1.28. The maximum Gasteiger partial charge on any atom is 0.119 e. The molecule has 3 heteroatoms. The highest BCUT2D eigenvalue weighted by Crippen LogP contribution is 2.22. The van der Waals surface area contributed by atoms with Crippen LogP contribution in [0.25, 0.3) is 0 Å². The normalized spacial score (nSPS) is 22.4. The van der Waals surface area contributed by atoms with Crippen LogP contribution in [-0.2, 0) is 11.3 Å².